The van der Waals surface area contributed by atoms with Crippen LogP contribution in [0.5, 0.6) is 0 Å². The third-order valence-corrected chi connectivity index (χ3v) is 6.51. The molecular formula is C15H23N3O2S. The zero-order valence-corrected chi connectivity index (χ0v) is 13.1. The molecule has 6 heteroatoms. The summed E-state index contributed by atoms with van der Waals surface area (Å²) in [5, 5.41) is 0. The van der Waals surface area contributed by atoms with Gasteiger partial charge in [-0.2, -0.15) is 17.0 Å². The van der Waals surface area contributed by atoms with Crippen molar-refractivity contribution < 1.29 is 8.42 Å². The van der Waals surface area contributed by atoms with Crippen LogP contribution in [0.3, 0.4) is 0 Å². The minimum Gasteiger partial charge on any atom is -0.264 e. The van der Waals surface area contributed by atoms with E-state index in [2.05, 4.69) is 4.98 Å². The maximum Gasteiger partial charge on any atom is 0.282 e. The van der Waals surface area contributed by atoms with E-state index in [1.807, 2.05) is 12.1 Å². The molecule has 1 aromatic rings. The molecule has 1 unspecified atom stereocenters. The number of nitrogens with zero attached hydrogens (tertiary/aromatic N) is 3. The van der Waals surface area contributed by atoms with Crippen molar-refractivity contribution in [3.05, 3.63) is 30.1 Å². The van der Waals surface area contributed by atoms with Crippen LogP contribution in [0.2, 0.25) is 0 Å². The van der Waals surface area contributed by atoms with Gasteiger partial charge in [-0.15, -0.1) is 0 Å². The lowest BCUT2D eigenvalue weighted by Gasteiger charge is -2.30. The van der Waals surface area contributed by atoms with Crippen molar-refractivity contribution in [3.63, 3.8) is 0 Å². The van der Waals surface area contributed by atoms with Gasteiger partial charge in [-0.1, -0.05) is 18.9 Å². The Morgan fingerprint density at radius 3 is 2.48 bits per heavy atom. The predicted octanol–water partition coefficient (Wildman–Crippen LogP) is 2.34. The van der Waals surface area contributed by atoms with E-state index < -0.39 is 10.2 Å². The second-order valence-corrected chi connectivity index (χ2v) is 7.76. The molecule has 3 rings (SSSR count). The van der Waals surface area contributed by atoms with Gasteiger partial charge in [0.1, 0.15) is 0 Å². The van der Waals surface area contributed by atoms with E-state index in [-0.39, 0.29) is 6.04 Å². The molecule has 1 aromatic heterocycles. The van der Waals surface area contributed by atoms with E-state index in [0.29, 0.717) is 19.6 Å². The molecule has 2 aliphatic rings. The maximum atomic E-state index is 13.0. The fraction of sp³-hybridized carbons (Fsp3) is 0.667. The zero-order valence-electron chi connectivity index (χ0n) is 12.3. The maximum absolute atomic E-state index is 13.0. The van der Waals surface area contributed by atoms with E-state index in [4.69, 9.17) is 0 Å². The molecule has 0 saturated carbocycles. The highest BCUT2D eigenvalue weighted by molar-refractivity contribution is 7.86. The molecule has 2 aliphatic heterocycles. The van der Waals surface area contributed by atoms with Crippen molar-refractivity contribution in [1.82, 2.24) is 13.6 Å². The van der Waals surface area contributed by atoms with E-state index in [1.54, 1.807) is 21.0 Å². The van der Waals surface area contributed by atoms with Crippen LogP contribution in [-0.2, 0) is 10.2 Å². The zero-order chi connectivity index (χ0) is 14.7. The van der Waals surface area contributed by atoms with Crippen molar-refractivity contribution in [1.29, 1.82) is 0 Å². The molecule has 0 N–H and O–H groups in total. The fourth-order valence-electron chi connectivity index (χ4n) is 3.34. The van der Waals surface area contributed by atoms with Gasteiger partial charge in [0.15, 0.2) is 0 Å². The summed E-state index contributed by atoms with van der Waals surface area (Å²) < 4.78 is 29.3. The Kier molecular flexibility index (Phi) is 4.57. The molecule has 0 aliphatic carbocycles. The van der Waals surface area contributed by atoms with Crippen molar-refractivity contribution >= 4 is 10.2 Å². The summed E-state index contributed by atoms with van der Waals surface area (Å²) in [6, 6.07) is 3.81. The fourth-order valence-corrected chi connectivity index (χ4v) is 5.27. The van der Waals surface area contributed by atoms with Crippen LogP contribution >= 0.6 is 0 Å². The minimum atomic E-state index is -3.34. The lowest BCUT2D eigenvalue weighted by molar-refractivity contribution is 0.330. The Morgan fingerprint density at radius 2 is 1.81 bits per heavy atom. The van der Waals surface area contributed by atoms with Crippen molar-refractivity contribution in [3.8, 4) is 0 Å². The van der Waals surface area contributed by atoms with Crippen LogP contribution in [0.25, 0.3) is 0 Å². The minimum absolute atomic E-state index is 0.0491. The average Bonchev–Trinajstić information content (AvgIpc) is 2.84. The van der Waals surface area contributed by atoms with E-state index in [0.717, 1.165) is 44.1 Å². The quantitative estimate of drug-likeness (QED) is 0.861. The monoisotopic (exact) mass is 309 g/mol. The molecule has 0 bridgehead atoms. The first-order chi connectivity index (χ1) is 10.2. The molecule has 2 fully saturated rings. The Morgan fingerprint density at radius 1 is 1.05 bits per heavy atom. The summed E-state index contributed by atoms with van der Waals surface area (Å²) in [6.45, 7) is 1.95. The largest absolute Gasteiger partial charge is 0.282 e. The van der Waals surface area contributed by atoms with Gasteiger partial charge in [-0.05, 0) is 37.3 Å². The number of hydrogen-bond donors (Lipinski definition) is 0. The number of pyridine rings is 1. The number of aromatic nitrogens is 1. The standard InChI is InChI=1S/C15H23N3O2S/c19-21(20,17-10-3-1-2-4-11-17)18-12-6-8-15(18)14-7-5-9-16-13-14/h5,7,9,13,15H,1-4,6,8,10-12H2. The summed E-state index contributed by atoms with van der Waals surface area (Å²) in [5.41, 5.74) is 1.01. The molecule has 0 amide bonds. The Hall–Kier alpha value is -0.980. The highest BCUT2D eigenvalue weighted by Crippen LogP contribution is 2.35. The molecule has 2 saturated heterocycles. The first-order valence-electron chi connectivity index (χ1n) is 7.86. The van der Waals surface area contributed by atoms with Crippen molar-refractivity contribution in [2.75, 3.05) is 19.6 Å². The van der Waals surface area contributed by atoms with E-state index >= 15 is 0 Å². The average molecular weight is 309 g/mol. The molecule has 5 nitrogen and oxygen atoms in total. The molecule has 0 aromatic carbocycles. The number of rotatable bonds is 3. The van der Waals surface area contributed by atoms with E-state index in [9.17, 15) is 8.42 Å². The SMILES string of the molecule is O=S(=O)(N1CCCCCC1)N1CCCC1c1cccnc1. The van der Waals surface area contributed by atoms with Gasteiger partial charge in [-0.25, -0.2) is 0 Å². The van der Waals surface area contributed by atoms with Gasteiger partial charge in [-0.3, -0.25) is 4.98 Å². The second kappa shape index (κ2) is 6.42. The summed E-state index contributed by atoms with van der Waals surface area (Å²) in [5.74, 6) is 0. The Balaban J connectivity index is 1.83. The third kappa shape index (κ3) is 3.12. The Bertz CT molecular complexity index is 554. The molecule has 3 heterocycles. The smallest absolute Gasteiger partial charge is 0.264 e. The van der Waals surface area contributed by atoms with E-state index in [1.165, 1.54) is 0 Å². The van der Waals surface area contributed by atoms with Gasteiger partial charge in [0.25, 0.3) is 10.2 Å². The first kappa shape index (κ1) is 14.9. The molecule has 116 valence electrons. The van der Waals surface area contributed by atoms with Gasteiger partial charge < -0.3 is 0 Å². The molecule has 21 heavy (non-hydrogen) atoms. The third-order valence-electron chi connectivity index (χ3n) is 4.46. The van der Waals surface area contributed by atoms with Crippen LogP contribution in [0.4, 0.5) is 0 Å². The lowest BCUT2D eigenvalue weighted by Crippen LogP contribution is -2.43. The highest BCUT2D eigenvalue weighted by Gasteiger charge is 2.38. The highest BCUT2D eigenvalue weighted by atomic mass is 32.2. The number of hydrogen-bond acceptors (Lipinski definition) is 3. The van der Waals surface area contributed by atoms with Gasteiger partial charge in [0.05, 0.1) is 6.04 Å². The van der Waals surface area contributed by atoms with Gasteiger partial charge >= 0.3 is 0 Å². The molecule has 0 radical (unpaired) electrons. The van der Waals surface area contributed by atoms with Crippen LogP contribution in [-0.4, -0.2) is 41.6 Å². The normalized spacial score (nSPS) is 25.8. The lowest BCUT2D eigenvalue weighted by atomic mass is 10.1. The van der Waals surface area contributed by atoms with Gasteiger partial charge in [0, 0.05) is 32.0 Å². The molecule has 1 atom stereocenters. The summed E-state index contributed by atoms with van der Waals surface area (Å²) in [7, 11) is -3.34. The molecular weight excluding hydrogens is 286 g/mol. The topological polar surface area (TPSA) is 53.5 Å². The van der Waals surface area contributed by atoms with Crippen LogP contribution in [0.1, 0.15) is 50.1 Å². The molecule has 0 spiro atoms. The summed E-state index contributed by atoms with van der Waals surface area (Å²) in [6.07, 6.45) is 9.56. The van der Waals surface area contributed by atoms with Crippen LogP contribution in [0.15, 0.2) is 24.5 Å². The summed E-state index contributed by atoms with van der Waals surface area (Å²) >= 11 is 0. The van der Waals surface area contributed by atoms with Crippen LogP contribution < -0.4 is 0 Å². The predicted molar refractivity (Wildman–Crippen MR) is 81.9 cm³/mol. The summed E-state index contributed by atoms with van der Waals surface area (Å²) in [4.78, 5) is 4.14. The van der Waals surface area contributed by atoms with Gasteiger partial charge in [0.2, 0.25) is 0 Å². The Labute approximate surface area is 127 Å². The second-order valence-electron chi connectivity index (χ2n) is 5.88. The van der Waals surface area contributed by atoms with Crippen molar-refractivity contribution in [2.24, 2.45) is 0 Å². The first-order valence-corrected chi connectivity index (χ1v) is 9.26. The van der Waals surface area contributed by atoms with Crippen molar-refractivity contribution in [2.45, 2.75) is 44.6 Å². The van der Waals surface area contributed by atoms with Crippen LogP contribution in [0, 0.1) is 0 Å².